The van der Waals surface area contributed by atoms with Crippen LogP contribution in [0, 0.1) is 0 Å². The molecule has 4 aromatic rings. The Labute approximate surface area is 399 Å². The van der Waals surface area contributed by atoms with Crippen LogP contribution >= 0.6 is 0 Å². The molecule has 0 aliphatic carbocycles. The largest absolute Gasteiger partial charge is 0.497 e. The Bertz CT molecular complexity index is 2320. The van der Waals surface area contributed by atoms with Crippen LogP contribution < -0.4 is 14.8 Å². The molecule has 3 aliphatic heterocycles. The van der Waals surface area contributed by atoms with E-state index in [4.69, 9.17) is 46.7 Å². The van der Waals surface area contributed by atoms with Gasteiger partial charge in [0, 0.05) is 10.1 Å². The zero-order chi connectivity index (χ0) is 49.7. The number of carbonyl (C=O) groups excluding carboxylic acids is 3. The van der Waals surface area contributed by atoms with Crippen LogP contribution in [-0.4, -0.2) is 113 Å². The molecule has 15 nitrogen and oxygen atoms in total. The highest BCUT2D eigenvalue weighted by Gasteiger charge is 2.66. The third-order valence-electron chi connectivity index (χ3n) is 12.0. The minimum absolute atomic E-state index is 0.0743. The highest BCUT2D eigenvalue weighted by Crippen LogP contribution is 2.55. The van der Waals surface area contributed by atoms with E-state index in [-0.39, 0.29) is 31.1 Å². The number of ether oxygens (including phenoxy) is 8. The lowest BCUT2D eigenvalue weighted by Gasteiger charge is -2.58. The van der Waals surface area contributed by atoms with Gasteiger partial charge >= 0.3 is 32.6 Å². The van der Waals surface area contributed by atoms with Crippen LogP contribution in [0.15, 0.2) is 115 Å². The monoisotopic (exact) mass is 981 g/mol. The Morgan fingerprint density at radius 3 is 1.86 bits per heavy atom. The summed E-state index contributed by atoms with van der Waals surface area (Å²) in [6, 6.07) is 29.6. The molecule has 4 aromatic carbocycles. The maximum atomic E-state index is 14.4. The Morgan fingerprint density at radius 2 is 1.29 bits per heavy atom. The zero-order valence-electron chi connectivity index (χ0n) is 39.3. The fourth-order valence-corrected chi connectivity index (χ4v) is 13.9. The maximum absolute atomic E-state index is 14.4. The van der Waals surface area contributed by atoms with E-state index in [0.29, 0.717) is 16.9 Å². The number of hydrogen-bond donors (Lipinski definition) is 2. The number of esters is 2. The fraction of sp³-hybridized carbons (Fsp3) is 0.460. The average molecular weight is 982 g/mol. The van der Waals surface area contributed by atoms with Gasteiger partial charge in [0.1, 0.15) is 54.7 Å². The first-order valence-electron chi connectivity index (χ1n) is 22.5. The minimum Gasteiger partial charge on any atom is -0.497 e. The molecule has 69 heavy (non-hydrogen) atoms. The van der Waals surface area contributed by atoms with E-state index in [1.54, 1.807) is 91.0 Å². The van der Waals surface area contributed by atoms with Crippen molar-refractivity contribution < 1.29 is 79.4 Å². The van der Waals surface area contributed by atoms with Crippen molar-refractivity contribution in [1.29, 1.82) is 0 Å². The number of aliphatic hydroxyl groups excluding tert-OH is 1. The third kappa shape index (κ3) is 11.8. The van der Waals surface area contributed by atoms with Crippen LogP contribution in [0.4, 0.5) is 13.2 Å². The number of halogens is 3. The molecule has 3 fully saturated rings. The second kappa shape index (κ2) is 21.3. The molecule has 0 spiro atoms. The molecule has 0 unspecified atom stereocenters. The molecule has 2 N–H and O–H groups in total. The molecule has 10 atom stereocenters. The lowest BCUT2D eigenvalue weighted by molar-refractivity contribution is -0.341. The van der Waals surface area contributed by atoms with E-state index in [1.165, 1.54) is 31.4 Å². The summed E-state index contributed by atoms with van der Waals surface area (Å²) in [5.41, 5.74) is 1.31. The highest BCUT2D eigenvalue weighted by atomic mass is 28.4. The molecule has 0 radical (unpaired) electrons. The molecular weight excluding hydrogens is 924 g/mol. The Kier molecular flexibility index (Phi) is 15.9. The zero-order valence-corrected chi connectivity index (χ0v) is 40.3. The fourth-order valence-electron chi connectivity index (χ4n) is 8.90. The summed E-state index contributed by atoms with van der Waals surface area (Å²) in [7, 11) is -2.11. The van der Waals surface area contributed by atoms with Gasteiger partial charge in [0.05, 0.1) is 25.9 Å². The molecule has 3 saturated heterocycles. The molecule has 0 bridgehead atoms. The van der Waals surface area contributed by atoms with Gasteiger partial charge in [0.25, 0.3) is 0 Å². The third-order valence-corrected chi connectivity index (χ3v) is 17.2. The quantitative estimate of drug-likeness (QED) is 0.0949. The smallest absolute Gasteiger partial charge is 0.471 e. The summed E-state index contributed by atoms with van der Waals surface area (Å²) in [5, 5.41) is 12.8. The molecule has 372 valence electrons. The first-order valence-corrected chi connectivity index (χ1v) is 24.3. The summed E-state index contributed by atoms with van der Waals surface area (Å²) in [5.74, 6) is -3.80. The van der Waals surface area contributed by atoms with Crippen LogP contribution in [0.3, 0.4) is 0 Å². The van der Waals surface area contributed by atoms with Gasteiger partial charge in [-0.15, -0.1) is 0 Å². The highest BCUT2D eigenvalue weighted by molar-refractivity contribution is 6.73. The number of fused-ring (bicyclic) bond motifs is 1. The van der Waals surface area contributed by atoms with Crippen molar-refractivity contribution in [1.82, 2.24) is 5.32 Å². The van der Waals surface area contributed by atoms with Crippen LogP contribution in [0.1, 0.15) is 63.0 Å². The molecule has 19 heteroatoms. The van der Waals surface area contributed by atoms with Crippen molar-refractivity contribution in [2.75, 3.05) is 13.7 Å². The van der Waals surface area contributed by atoms with Crippen molar-refractivity contribution in [2.24, 2.45) is 0 Å². The van der Waals surface area contributed by atoms with E-state index >= 15 is 0 Å². The molecular formula is C50H58F3NO14Si. The van der Waals surface area contributed by atoms with Gasteiger partial charge in [-0.05, 0) is 47.5 Å². The summed E-state index contributed by atoms with van der Waals surface area (Å²) in [4.78, 5) is 41.4. The van der Waals surface area contributed by atoms with Crippen molar-refractivity contribution in [2.45, 2.75) is 132 Å². The number of aliphatic hydroxyl groups is 1. The molecule has 1 amide bonds. The molecule has 3 heterocycles. The number of alkyl halides is 3. The van der Waals surface area contributed by atoms with Gasteiger partial charge in [-0.3, -0.25) is 4.79 Å². The van der Waals surface area contributed by atoms with Gasteiger partial charge in [-0.25, -0.2) is 9.59 Å². The molecule has 0 saturated carbocycles. The van der Waals surface area contributed by atoms with E-state index in [9.17, 15) is 32.7 Å². The first kappa shape index (κ1) is 51.5. The summed E-state index contributed by atoms with van der Waals surface area (Å²) < 4.78 is 106. The first-order chi connectivity index (χ1) is 32.7. The van der Waals surface area contributed by atoms with Crippen LogP contribution in [0.2, 0.25) is 10.1 Å². The van der Waals surface area contributed by atoms with Crippen LogP contribution in [0.5, 0.6) is 11.5 Å². The number of hydrogen-bond acceptors (Lipinski definition) is 14. The lowest BCUT2D eigenvalue weighted by Crippen LogP contribution is -2.75. The van der Waals surface area contributed by atoms with Gasteiger partial charge in [-0.2, -0.15) is 13.2 Å². The summed E-state index contributed by atoms with van der Waals surface area (Å²) >= 11 is 0. The molecule has 0 aromatic heterocycles. The SMILES string of the molecule is COc1ccc(O[C@@H]2O[C@@H]3CO[Si](C(C)(C)C)(C(C)(C)C)O[C@@H]3[C@H](O[C@@H]3O[C@H](C(=O)OCc4ccccc4)[C@@H](O)[C@H](OCc4ccccc4)[C@H]3OC(=O)c3ccccc3)[C@H]2NC(=O)C(F)(F)F)cc1. The van der Waals surface area contributed by atoms with Crippen LogP contribution in [0.25, 0.3) is 0 Å². The van der Waals surface area contributed by atoms with Gasteiger partial charge in [-0.1, -0.05) is 120 Å². The number of carbonyl (C=O) groups is 3. The van der Waals surface area contributed by atoms with E-state index < -0.39 is 104 Å². The van der Waals surface area contributed by atoms with E-state index in [1.807, 2.05) is 46.9 Å². The lowest BCUT2D eigenvalue weighted by atomic mass is 9.94. The summed E-state index contributed by atoms with van der Waals surface area (Å²) in [6.07, 6.45) is -20.5. The number of nitrogens with one attached hydrogen (secondary N) is 1. The van der Waals surface area contributed by atoms with E-state index in [0.717, 1.165) is 0 Å². The Morgan fingerprint density at radius 1 is 0.725 bits per heavy atom. The molecule has 7 rings (SSSR count). The topological polar surface area (TPSA) is 176 Å². The van der Waals surface area contributed by atoms with Gasteiger partial charge in [0.15, 0.2) is 18.5 Å². The van der Waals surface area contributed by atoms with Gasteiger partial charge in [0.2, 0.25) is 6.29 Å². The number of amides is 1. The predicted molar refractivity (Wildman–Crippen MR) is 243 cm³/mol. The summed E-state index contributed by atoms with van der Waals surface area (Å²) in [6.45, 7) is 11.0. The Hall–Kier alpha value is -5.38. The van der Waals surface area contributed by atoms with Gasteiger partial charge < -0.3 is 57.2 Å². The van der Waals surface area contributed by atoms with E-state index in [2.05, 4.69) is 0 Å². The molecule has 3 aliphatic rings. The average Bonchev–Trinajstić information content (AvgIpc) is 3.32. The Balaban J connectivity index is 1.36. The second-order valence-corrected chi connectivity index (χ2v) is 23.7. The number of rotatable bonds is 14. The number of methoxy groups -OCH3 is 1. The van der Waals surface area contributed by atoms with Crippen molar-refractivity contribution in [3.8, 4) is 11.5 Å². The normalized spacial score (nSPS) is 27.0. The maximum Gasteiger partial charge on any atom is 0.471 e. The predicted octanol–water partition coefficient (Wildman–Crippen LogP) is 7.33. The van der Waals surface area contributed by atoms with Crippen molar-refractivity contribution in [3.05, 3.63) is 132 Å². The van der Waals surface area contributed by atoms with Crippen LogP contribution in [-0.2, 0) is 60.1 Å². The minimum atomic E-state index is -5.42. The standard InChI is InChI=1S/C50H58F3NO14Si/c1-48(2,3)69(49(4,5)6)62-29-35-38(68-69)39(36(54-47(58)50(51,52)53)45(64-35)63-34-25-23-33(59-7)24-26-34)66-46-42(65-43(56)32-21-15-10-16-22-32)40(60-27-30-17-11-8-12-18-30)37(55)41(67-46)44(57)61-28-31-19-13-9-14-20-31/h8-26,35-42,45-46,55H,27-29H2,1-7H3,(H,54,58)/t35-,36-,37+,38+,39-,40+,41+,42-,45-,46-/m1/s1. The van der Waals surface area contributed by atoms with Crippen molar-refractivity contribution >= 4 is 26.4 Å². The number of benzene rings is 4. The van der Waals surface area contributed by atoms with Crippen molar-refractivity contribution in [3.63, 3.8) is 0 Å². The second-order valence-electron chi connectivity index (χ2n) is 19.0.